The Labute approximate surface area is 127 Å². The van der Waals surface area contributed by atoms with Crippen LogP contribution in [-0.2, 0) is 23.1 Å². The minimum Gasteiger partial charge on any atom is -0.349 e. The first-order chi connectivity index (χ1) is 10.1. The Morgan fingerprint density at radius 3 is 2.90 bits per heavy atom. The van der Waals surface area contributed by atoms with Crippen molar-refractivity contribution in [3.8, 4) is 0 Å². The molecule has 0 unspecified atom stereocenters. The van der Waals surface area contributed by atoms with Gasteiger partial charge in [-0.3, -0.25) is 4.72 Å². The Balaban J connectivity index is 1.80. The monoisotopic (exact) mass is 327 g/mol. The van der Waals surface area contributed by atoms with Gasteiger partial charge in [-0.05, 0) is 25.8 Å². The van der Waals surface area contributed by atoms with E-state index in [1.54, 1.807) is 12.3 Å². The average Bonchev–Trinajstić information content (AvgIpc) is 2.97. The van der Waals surface area contributed by atoms with E-state index in [9.17, 15) is 8.42 Å². The highest BCUT2D eigenvalue weighted by atomic mass is 32.2. The van der Waals surface area contributed by atoms with Crippen LogP contribution in [0.4, 0.5) is 5.13 Å². The maximum absolute atomic E-state index is 12.3. The Morgan fingerprint density at radius 1 is 1.48 bits per heavy atom. The van der Waals surface area contributed by atoms with Crippen molar-refractivity contribution in [3.05, 3.63) is 23.5 Å². The summed E-state index contributed by atoms with van der Waals surface area (Å²) >= 11 is 1.15. The molecule has 2 aromatic rings. The molecule has 1 fully saturated rings. The summed E-state index contributed by atoms with van der Waals surface area (Å²) in [6.07, 6.45) is 4.07. The molecule has 0 atom stereocenters. The minimum absolute atomic E-state index is 0.257. The molecule has 2 heterocycles. The van der Waals surface area contributed by atoms with E-state index in [1.807, 2.05) is 11.5 Å². The van der Waals surface area contributed by atoms with Crippen molar-refractivity contribution in [2.24, 2.45) is 0 Å². The zero-order valence-corrected chi connectivity index (χ0v) is 13.2. The first-order valence-corrected chi connectivity index (χ1v) is 9.16. The summed E-state index contributed by atoms with van der Waals surface area (Å²) < 4.78 is 29.0. The summed E-state index contributed by atoms with van der Waals surface area (Å²) in [7, 11) is -3.61. The molecule has 0 saturated heterocycles. The van der Waals surface area contributed by atoms with Crippen molar-refractivity contribution in [2.75, 3.05) is 4.72 Å². The lowest BCUT2D eigenvalue weighted by Crippen LogP contribution is -2.17. The van der Waals surface area contributed by atoms with Gasteiger partial charge in [0.2, 0.25) is 5.13 Å². The van der Waals surface area contributed by atoms with Crippen molar-refractivity contribution in [1.29, 1.82) is 0 Å². The van der Waals surface area contributed by atoms with Gasteiger partial charge in [0.15, 0.2) is 0 Å². The van der Waals surface area contributed by atoms with E-state index in [0.29, 0.717) is 12.6 Å². The molecule has 21 heavy (non-hydrogen) atoms. The molecule has 0 bridgehead atoms. The molecular weight excluding hydrogens is 310 g/mol. The quantitative estimate of drug-likeness (QED) is 0.803. The van der Waals surface area contributed by atoms with Gasteiger partial charge in [-0.2, -0.15) is 0 Å². The van der Waals surface area contributed by atoms with Gasteiger partial charge in [-0.25, -0.2) is 8.42 Å². The fourth-order valence-electron chi connectivity index (χ4n) is 2.04. The zero-order valence-electron chi connectivity index (χ0n) is 11.6. The second-order valence-corrected chi connectivity index (χ2v) is 7.47. The van der Waals surface area contributed by atoms with E-state index < -0.39 is 10.0 Å². The molecule has 0 radical (unpaired) electrons. The van der Waals surface area contributed by atoms with E-state index in [4.69, 9.17) is 0 Å². The molecule has 0 amide bonds. The lowest BCUT2D eigenvalue weighted by molar-refractivity contribution is 0.600. The summed E-state index contributed by atoms with van der Waals surface area (Å²) in [6, 6.07) is 2.30. The van der Waals surface area contributed by atoms with Gasteiger partial charge >= 0.3 is 0 Å². The Hall–Kier alpha value is -1.45. The van der Waals surface area contributed by atoms with Crippen molar-refractivity contribution >= 4 is 26.5 Å². The number of sulfonamides is 1. The summed E-state index contributed by atoms with van der Waals surface area (Å²) in [6.45, 7) is 3.41. The third kappa shape index (κ3) is 3.42. The number of rotatable bonds is 7. The first kappa shape index (κ1) is 14.5. The van der Waals surface area contributed by atoms with Gasteiger partial charge in [0.1, 0.15) is 10.4 Å². The van der Waals surface area contributed by atoms with E-state index in [0.717, 1.165) is 23.6 Å². The molecule has 1 aliphatic rings. The van der Waals surface area contributed by atoms with Crippen molar-refractivity contribution in [3.63, 3.8) is 0 Å². The molecule has 1 aliphatic carbocycles. The summed E-state index contributed by atoms with van der Waals surface area (Å²) in [5.41, 5.74) is 2.46. The highest BCUT2D eigenvalue weighted by molar-refractivity contribution is 7.93. The number of anilines is 1. The molecule has 0 aliphatic heterocycles. The molecule has 0 spiro atoms. The maximum atomic E-state index is 12.3. The predicted octanol–water partition coefficient (Wildman–Crippen LogP) is 1.41. The van der Waals surface area contributed by atoms with Crippen molar-refractivity contribution < 1.29 is 8.42 Å². The minimum atomic E-state index is -3.61. The van der Waals surface area contributed by atoms with E-state index >= 15 is 0 Å². The molecule has 114 valence electrons. The number of hydrogen-bond donors (Lipinski definition) is 2. The fourth-order valence-corrected chi connectivity index (χ4v) is 3.80. The number of hydrogen-bond acceptors (Lipinski definition) is 6. The van der Waals surface area contributed by atoms with Crippen LogP contribution in [0.25, 0.3) is 0 Å². The summed E-state index contributed by atoms with van der Waals surface area (Å²) in [4.78, 5) is 0.257. The Morgan fingerprint density at radius 2 is 2.29 bits per heavy atom. The lowest BCUT2D eigenvalue weighted by Gasteiger charge is -2.06. The summed E-state index contributed by atoms with van der Waals surface area (Å²) in [5, 5.41) is 11.0. The maximum Gasteiger partial charge on any atom is 0.265 e. The number of nitrogens with zero attached hydrogens (tertiary/aromatic N) is 3. The first-order valence-electron chi connectivity index (χ1n) is 6.80. The zero-order chi connectivity index (χ0) is 14.9. The highest BCUT2D eigenvalue weighted by Crippen LogP contribution is 2.22. The Bertz CT molecular complexity index is 704. The van der Waals surface area contributed by atoms with Gasteiger partial charge in [0, 0.05) is 31.0 Å². The number of aromatic nitrogens is 3. The molecule has 0 aromatic carbocycles. The number of nitrogens with one attached hydrogen (secondary N) is 2. The van der Waals surface area contributed by atoms with Crippen LogP contribution < -0.4 is 10.0 Å². The Kier molecular flexibility index (Phi) is 3.96. The van der Waals surface area contributed by atoms with Gasteiger partial charge in [-0.15, -0.1) is 10.2 Å². The van der Waals surface area contributed by atoms with Gasteiger partial charge in [0.25, 0.3) is 10.0 Å². The second kappa shape index (κ2) is 5.74. The van der Waals surface area contributed by atoms with Crippen LogP contribution in [0.3, 0.4) is 0 Å². The average molecular weight is 327 g/mol. The smallest absolute Gasteiger partial charge is 0.265 e. The van der Waals surface area contributed by atoms with Gasteiger partial charge in [-0.1, -0.05) is 11.3 Å². The van der Waals surface area contributed by atoms with Gasteiger partial charge in [0.05, 0.1) is 0 Å². The largest absolute Gasteiger partial charge is 0.349 e. The molecule has 2 N–H and O–H groups in total. The highest BCUT2D eigenvalue weighted by Gasteiger charge is 2.23. The molecular formula is C12H17N5O2S2. The van der Waals surface area contributed by atoms with Crippen LogP contribution in [0.2, 0.25) is 0 Å². The third-order valence-corrected chi connectivity index (χ3v) is 5.38. The van der Waals surface area contributed by atoms with Gasteiger partial charge < -0.3 is 9.88 Å². The van der Waals surface area contributed by atoms with Crippen molar-refractivity contribution in [1.82, 2.24) is 20.1 Å². The van der Waals surface area contributed by atoms with Crippen LogP contribution in [0, 0.1) is 0 Å². The molecule has 1 saturated carbocycles. The normalized spacial score (nSPS) is 15.3. The fraction of sp³-hybridized carbons (Fsp3) is 0.500. The molecule has 2 aromatic heterocycles. The second-order valence-electron chi connectivity index (χ2n) is 4.96. The molecule has 7 nitrogen and oxygen atoms in total. The van der Waals surface area contributed by atoms with Crippen LogP contribution in [0.5, 0.6) is 0 Å². The van der Waals surface area contributed by atoms with Crippen LogP contribution in [0.15, 0.2) is 22.7 Å². The van der Waals surface area contributed by atoms with Crippen LogP contribution >= 0.6 is 11.3 Å². The van der Waals surface area contributed by atoms with E-state index in [1.165, 1.54) is 18.4 Å². The van der Waals surface area contributed by atoms with E-state index in [2.05, 4.69) is 20.2 Å². The third-order valence-electron chi connectivity index (χ3n) is 3.34. The SMILES string of the molecule is CCn1cc(S(=O)(=O)Nc2nncs2)cc1CNC1CC1. The van der Waals surface area contributed by atoms with Crippen LogP contribution in [-0.4, -0.2) is 29.2 Å². The van der Waals surface area contributed by atoms with Crippen LogP contribution in [0.1, 0.15) is 25.5 Å². The predicted molar refractivity (Wildman–Crippen MR) is 80.7 cm³/mol. The summed E-state index contributed by atoms with van der Waals surface area (Å²) in [5.74, 6) is 0. The molecule has 9 heteroatoms. The standard InChI is InChI=1S/C12H17N5O2S2/c1-2-17-7-11(5-10(17)6-13-9-3-4-9)21(18,19)16-12-15-14-8-20-12/h5,7-9,13H,2-4,6H2,1H3,(H,15,16). The van der Waals surface area contributed by atoms with Crippen molar-refractivity contribution in [2.45, 2.75) is 43.8 Å². The topological polar surface area (TPSA) is 88.9 Å². The van der Waals surface area contributed by atoms with E-state index in [-0.39, 0.29) is 10.0 Å². The number of aryl methyl sites for hydroxylation is 1. The lowest BCUT2D eigenvalue weighted by atomic mass is 10.4. The molecule has 3 rings (SSSR count).